The lowest BCUT2D eigenvalue weighted by molar-refractivity contribution is -0.387. The molecule has 2 aliphatic heterocycles. The number of para-hydroxylation sites is 1. The van der Waals surface area contributed by atoms with Crippen molar-refractivity contribution in [1.82, 2.24) is 0 Å². The van der Waals surface area contributed by atoms with Crippen molar-refractivity contribution in [2.45, 2.75) is 83.2 Å². The first-order valence-electron chi connectivity index (χ1n) is 30.3. The van der Waals surface area contributed by atoms with Gasteiger partial charge in [-0.2, -0.15) is 0 Å². The Balaban J connectivity index is 0.959. The van der Waals surface area contributed by atoms with Gasteiger partial charge >= 0.3 is 11.9 Å². The molecular weight excluding hydrogens is 1180 g/mol. The van der Waals surface area contributed by atoms with Gasteiger partial charge in [-0.05, 0) is 63.7 Å². The smallest absolute Gasteiger partial charge is 0.339 e. The van der Waals surface area contributed by atoms with Crippen LogP contribution in [-0.4, -0.2) is 54.2 Å². The molecule has 0 saturated carbocycles. The highest BCUT2D eigenvalue weighted by molar-refractivity contribution is 5.92. The topological polar surface area (TPSA) is 188 Å². The average Bonchev–Trinajstić information content (AvgIpc) is 0.806. The van der Waals surface area contributed by atoms with Crippen LogP contribution in [0, 0.1) is 10.1 Å². The zero-order valence-electron chi connectivity index (χ0n) is 50.4. The van der Waals surface area contributed by atoms with E-state index in [0.29, 0.717) is 5.56 Å². The highest BCUT2D eigenvalue weighted by Gasteiger charge is 2.55. The third-order valence-electron chi connectivity index (χ3n) is 15.3. The van der Waals surface area contributed by atoms with Gasteiger partial charge in [0.2, 0.25) is 11.5 Å². The lowest BCUT2D eigenvalue weighted by Gasteiger charge is -2.48. The fourth-order valence-electron chi connectivity index (χ4n) is 10.6. The number of nitrogens with zero attached hydrogens (tertiary/aromatic N) is 1. The Morgan fingerprint density at radius 2 is 0.753 bits per heavy atom. The first-order chi connectivity index (χ1) is 45.7. The Kier molecular flexibility index (Phi) is 20.7. The standard InChI is InChI=1S/C76H65NO16/c78-73(60-40-63(82-44-52-24-8-1-9-25-52)68(86-48-56-32-16-5-17-33-56)64(41-60)83-45-53-26-10-2-11-27-53)91-71-70-67(51-89-75(93-70)58-36-20-7-21-37-58)90-76(88-50-59-38-22-23-39-62(59)77(80)81)72(71)92-74(79)61-42-65(84-46-54-28-12-3-13-29-54)69(87-49-57-34-18-6-19-35-57)66(43-61)85-47-55-30-14-4-15-31-55/h1-43,67,70-72,75-76H,44-51H2/t67-,70-,71+,72-,75?,76-/m1/s1. The molecular formula is C76H65NO16. The SMILES string of the molecule is O=C(O[C@@H]1[C@@H](OC(=O)c2cc(OCc3ccccc3)c(OCc3ccccc3)c(OCc3ccccc3)c2)[C@H](OCc2ccccc2[N+](=O)[O-])O[C@@H]2COC(c3ccccc3)O[C@@H]12)c1cc(OCc2ccccc2)c(OCc2ccccc2)c(OCc2ccccc2)c1. The zero-order chi connectivity index (χ0) is 63.6. The maximum absolute atomic E-state index is 15.7. The van der Waals surface area contributed by atoms with Crippen molar-refractivity contribution in [1.29, 1.82) is 0 Å². The van der Waals surface area contributed by atoms with Crippen molar-refractivity contribution in [3.05, 3.63) is 327 Å². The van der Waals surface area contributed by atoms with Gasteiger partial charge in [0.15, 0.2) is 47.8 Å². The van der Waals surface area contributed by atoms with E-state index in [2.05, 4.69) is 0 Å². The molecule has 2 saturated heterocycles. The number of benzene rings is 10. The largest absolute Gasteiger partial charge is 0.485 e. The van der Waals surface area contributed by atoms with Crippen molar-refractivity contribution in [3.63, 3.8) is 0 Å². The summed E-state index contributed by atoms with van der Waals surface area (Å²) in [4.78, 5) is 43.2. The molecule has 0 amide bonds. The molecule has 2 fully saturated rings. The molecule has 17 heteroatoms. The Bertz CT molecular complexity index is 3930. The van der Waals surface area contributed by atoms with Gasteiger partial charge in [-0.3, -0.25) is 10.1 Å². The van der Waals surface area contributed by atoms with Crippen molar-refractivity contribution >= 4 is 17.6 Å². The van der Waals surface area contributed by atoms with E-state index < -0.39 is 60.5 Å². The van der Waals surface area contributed by atoms with E-state index in [1.165, 1.54) is 42.5 Å². The predicted molar refractivity (Wildman–Crippen MR) is 342 cm³/mol. The molecule has 2 heterocycles. The molecule has 12 rings (SSSR count). The molecule has 470 valence electrons. The zero-order valence-corrected chi connectivity index (χ0v) is 50.4. The van der Waals surface area contributed by atoms with Gasteiger partial charge < -0.3 is 56.8 Å². The number of nitro groups is 1. The maximum Gasteiger partial charge on any atom is 0.339 e. The average molecular weight is 1250 g/mol. The molecule has 10 aromatic rings. The molecule has 93 heavy (non-hydrogen) atoms. The van der Waals surface area contributed by atoms with E-state index in [4.69, 9.17) is 56.8 Å². The Labute approximate surface area is 537 Å². The van der Waals surface area contributed by atoms with Crippen molar-refractivity contribution in [2.24, 2.45) is 0 Å². The van der Waals surface area contributed by atoms with Crippen LogP contribution >= 0.6 is 0 Å². The first-order valence-corrected chi connectivity index (χ1v) is 30.3. The second kappa shape index (κ2) is 30.8. The highest BCUT2D eigenvalue weighted by atomic mass is 16.8. The molecule has 0 N–H and O–H groups in total. The summed E-state index contributed by atoms with van der Waals surface area (Å²) in [6.07, 6.45) is -8.16. The molecule has 2 aliphatic rings. The normalized spacial score (nSPS) is 17.4. The molecule has 6 atom stereocenters. The van der Waals surface area contributed by atoms with E-state index in [1.807, 2.05) is 212 Å². The van der Waals surface area contributed by atoms with Crippen LogP contribution in [0.5, 0.6) is 34.5 Å². The number of rotatable bonds is 27. The molecule has 0 aliphatic carbocycles. The van der Waals surface area contributed by atoms with Crippen molar-refractivity contribution in [2.75, 3.05) is 6.61 Å². The number of carbonyl (C=O) groups is 2. The number of hydrogen-bond acceptors (Lipinski definition) is 16. The third kappa shape index (κ3) is 16.4. The van der Waals surface area contributed by atoms with Gasteiger partial charge in [0.05, 0.1) is 34.8 Å². The second-order valence-corrected chi connectivity index (χ2v) is 21.9. The predicted octanol–water partition coefficient (Wildman–Crippen LogP) is 14.9. The van der Waals surface area contributed by atoms with E-state index in [-0.39, 0.29) is 103 Å². The molecule has 0 bridgehead atoms. The van der Waals surface area contributed by atoms with Gasteiger partial charge in [-0.15, -0.1) is 0 Å². The van der Waals surface area contributed by atoms with E-state index in [1.54, 1.807) is 6.07 Å². The molecule has 10 aromatic carbocycles. The number of fused-ring (bicyclic) bond motifs is 1. The molecule has 0 spiro atoms. The number of ether oxygens (including phenoxy) is 12. The van der Waals surface area contributed by atoms with Crippen LogP contribution in [0.2, 0.25) is 0 Å². The monoisotopic (exact) mass is 1250 g/mol. The molecule has 0 radical (unpaired) electrons. The number of hydrogen-bond donors (Lipinski definition) is 0. The summed E-state index contributed by atoms with van der Waals surface area (Å²) in [5.41, 5.74) is 5.51. The van der Waals surface area contributed by atoms with Crippen LogP contribution in [0.25, 0.3) is 0 Å². The first kappa shape index (κ1) is 62.4. The summed E-state index contributed by atoms with van der Waals surface area (Å²) < 4.78 is 79.3. The summed E-state index contributed by atoms with van der Waals surface area (Å²) in [6.45, 7) is -0.0250. The lowest BCUT2D eigenvalue weighted by atomic mass is 9.96. The van der Waals surface area contributed by atoms with Gasteiger partial charge in [-0.25, -0.2) is 9.59 Å². The summed E-state index contributed by atoms with van der Waals surface area (Å²) >= 11 is 0. The van der Waals surface area contributed by atoms with Crippen LogP contribution in [0.15, 0.2) is 261 Å². The number of carbonyl (C=O) groups excluding carboxylic acids is 2. The van der Waals surface area contributed by atoms with E-state index in [9.17, 15) is 10.1 Å². The van der Waals surface area contributed by atoms with Gasteiger partial charge in [-0.1, -0.05) is 224 Å². The summed E-state index contributed by atoms with van der Waals surface area (Å²) in [5, 5.41) is 12.4. The second-order valence-electron chi connectivity index (χ2n) is 21.9. The lowest BCUT2D eigenvalue weighted by Crippen LogP contribution is -2.64. The summed E-state index contributed by atoms with van der Waals surface area (Å²) in [6, 6.07) is 78.4. The minimum absolute atomic E-state index is 0.0446. The van der Waals surface area contributed by atoms with Crippen molar-refractivity contribution < 1.29 is 71.4 Å². The maximum atomic E-state index is 15.7. The quantitative estimate of drug-likeness (QED) is 0.0268. The van der Waals surface area contributed by atoms with Gasteiger partial charge in [0, 0.05) is 11.6 Å². The van der Waals surface area contributed by atoms with E-state index in [0.717, 1.165) is 33.4 Å². The molecule has 0 aromatic heterocycles. The van der Waals surface area contributed by atoms with Crippen LogP contribution in [0.4, 0.5) is 5.69 Å². The van der Waals surface area contributed by atoms with Gasteiger partial charge in [0.1, 0.15) is 51.8 Å². The highest BCUT2D eigenvalue weighted by Crippen LogP contribution is 2.44. The van der Waals surface area contributed by atoms with Crippen LogP contribution in [-0.2, 0) is 74.7 Å². The van der Waals surface area contributed by atoms with Gasteiger partial charge in [0.25, 0.3) is 5.69 Å². The fraction of sp³-hybridized carbons (Fsp3) is 0.184. The van der Waals surface area contributed by atoms with E-state index >= 15 is 9.59 Å². The summed E-state index contributed by atoms with van der Waals surface area (Å²) in [7, 11) is 0. The minimum Gasteiger partial charge on any atom is -0.485 e. The van der Waals surface area contributed by atoms with Crippen LogP contribution in [0.3, 0.4) is 0 Å². The van der Waals surface area contributed by atoms with Crippen LogP contribution < -0.4 is 28.4 Å². The van der Waals surface area contributed by atoms with Crippen molar-refractivity contribution in [3.8, 4) is 34.5 Å². The number of nitro benzene ring substituents is 1. The third-order valence-corrected chi connectivity index (χ3v) is 15.3. The number of esters is 2. The Morgan fingerprint density at radius 3 is 1.14 bits per heavy atom. The molecule has 17 nitrogen and oxygen atoms in total. The fourth-order valence-corrected chi connectivity index (χ4v) is 10.6. The summed E-state index contributed by atoms with van der Waals surface area (Å²) in [5.74, 6) is -0.865. The Morgan fingerprint density at radius 1 is 0.409 bits per heavy atom. The Hall–Kier alpha value is -10.8. The van der Waals surface area contributed by atoms with Crippen LogP contribution in [0.1, 0.15) is 71.5 Å². The minimum atomic E-state index is -1.69. The molecule has 1 unspecified atom stereocenters.